The number of carbonyl (C=O) groups excluding carboxylic acids is 1. The van der Waals surface area contributed by atoms with Crippen LogP contribution in [0.25, 0.3) is 0 Å². The summed E-state index contributed by atoms with van der Waals surface area (Å²) >= 11 is 1.52. The van der Waals surface area contributed by atoms with Crippen LogP contribution in [-0.2, 0) is 32.7 Å². The van der Waals surface area contributed by atoms with E-state index in [2.05, 4.69) is 15.3 Å². The second-order valence-corrected chi connectivity index (χ2v) is 12.5. The topological polar surface area (TPSA) is 144 Å². The van der Waals surface area contributed by atoms with E-state index >= 15 is 0 Å². The molecule has 2 aromatic heterocycles. The first-order chi connectivity index (χ1) is 18.8. The molecule has 0 spiro atoms. The van der Waals surface area contributed by atoms with Crippen LogP contribution < -0.4 is 10.0 Å². The minimum Gasteiger partial charge on any atom is -0.459 e. The van der Waals surface area contributed by atoms with Gasteiger partial charge in [0, 0.05) is 5.38 Å². The average molecular weight is 585 g/mol. The van der Waals surface area contributed by atoms with Crippen LogP contribution in [0.4, 0.5) is 11.7 Å². The molecule has 3 N–H and O–H groups in total. The van der Waals surface area contributed by atoms with Crippen molar-refractivity contribution in [2.24, 2.45) is 0 Å². The Kier molecular flexibility index (Phi) is 8.92. The van der Waals surface area contributed by atoms with E-state index in [9.17, 15) is 13.2 Å². The predicted molar refractivity (Wildman–Crippen MR) is 154 cm³/mol. The largest absolute Gasteiger partial charge is 0.459 e. The number of nitrogens with zero attached hydrogens (tertiary/aromatic N) is 2. The van der Waals surface area contributed by atoms with Gasteiger partial charge in [-0.05, 0) is 63.8 Å². The molecule has 0 fully saturated rings. The van der Waals surface area contributed by atoms with Crippen molar-refractivity contribution in [1.82, 2.24) is 9.97 Å². The maximum absolute atomic E-state index is 13.2. The van der Waals surface area contributed by atoms with E-state index in [4.69, 9.17) is 13.7 Å². The van der Waals surface area contributed by atoms with Gasteiger partial charge >= 0.3 is 16.3 Å². The van der Waals surface area contributed by atoms with Crippen LogP contribution in [-0.4, -0.2) is 34.5 Å². The molecule has 0 bridgehead atoms. The van der Waals surface area contributed by atoms with Crippen molar-refractivity contribution in [3.05, 3.63) is 93.8 Å². The Bertz CT molecular complexity index is 1530. The minimum absolute atomic E-state index is 0.233. The van der Waals surface area contributed by atoms with Crippen LogP contribution in [0.1, 0.15) is 60.3 Å². The molecule has 2 heterocycles. The molecule has 2 aromatic carbocycles. The molecule has 0 aliphatic rings. The second kappa shape index (κ2) is 12.2. The molecule has 0 aliphatic heterocycles. The van der Waals surface area contributed by atoms with E-state index < -0.39 is 27.8 Å². The van der Waals surface area contributed by atoms with Gasteiger partial charge in [-0.25, -0.2) is 9.97 Å². The number of nitrogens with one attached hydrogen (secondary N) is 2. The summed E-state index contributed by atoms with van der Waals surface area (Å²) in [5, 5.41) is 6.15. The van der Waals surface area contributed by atoms with Gasteiger partial charge in [0.25, 0.3) is 6.01 Å². The number of anilines is 2. The van der Waals surface area contributed by atoms with E-state index in [0.717, 1.165) is 21.8 Å². The molecule has 12 heteroatoms. The van der Waals surface area contributed by atoms with E-state index in [1.807, 2.05) is 68.1 Å². The van der Waals surface area contributed by atoms with Crippen LogP contribution in [0.3, 0.4) is 0 Å². The summed E-state index contributed by atoms with van der Waals surface area (Å²) in [6, 6.07) is 16.2. The van der Waals surface area contributed by atoms with Gasteiger partial charge in [0.1, 0.15) is 17.3 Å². The highest BCUT2D eigenvalue weighted by Crippen LogP contribution is 2.30. The molecule has 4 aromatic rings. The van der Waals surface area contributed by atoms with E-state index in [-0.39, 0.29) is 17.7 Å². The highest BCUT2D eigenvalue weighted by atomic mass is 32.2. The zero-order chi connectivity index (χ0) is 28.9. The summed E-state index contributed by atoms with van der Waals surface area (Å²) in [6.07, 6.45) is 2.41. The molecule has 2 atom stereocenters. The Labute approximate surface area is 237 Å². The van der Waals surface area contributed by atoms with Crippen LogP contribution in [0.15, 0.2) is 70.6 Å². The number of thiazole rings is 1. The third-order valence-corrected chi connectivity index (χ3v) is 7.06. The quantitative estimate of drug-likeness (QED) is 0.149. The van der Waals surface area contributed by atoms with Gasteiger partial charge in [-0.1, -0.05) is 42.5 Å². The second-order valence-electron chi connectivity index (χ2n) is 10.3. The number of hydrogen-bond acceptors (Lipinski definition) is 9. The van der Waals surface area contributed by atoms with Crippen molar-refractivity contribution < 1.29 is 26.9 Å². The van der Waals surface area contributed by atoms with Crippen molar-refractivity contribution >= 4 is 39.3 Å². The number of carbonyl (C=O) groups is 1. The van der Waals surface area contributed by atoms with Gasteiger partial charge in [-0.2, -0.15) is 8.42 Å². The monoisotopic (exact) mass is 584 g/mol. The standard InChI is InChI=1S/C28H32N4O6S2/c1-18-30-24(17-39-18)23(15-20-10-12-21(13-11-20)32-40(34,35)36)31-27-29-16-25(37-27)22(26(33)38-28(2,3)4)14-19-8-6-5-7-9-19/h5-13,16-17,22-23,32H,14-15H2,1-4H3,(H,29,31)(H,34,35,36)/t22?,23-/m0/s1. The first-order valence-electron chi connectivity index (χ1n) is 12.6. The Balaban J connectivity index is 1.56. The first kappa shape index (κ1) is 29.2. The summed E-state index contributed by atoms with van der Waals surface area (Å²) in [5.41, 5.74) is 2.21. The smallest absolute Gasteiger partial charge is 0.357 e. The van der Waals surface area contributed by atoms with Crippen molar-refractivity contribution in [2.45, 2.75) is 58.1 Å². The zero-order valence-corrected chi connectivity index (χ0v) is 24.3. The highest BCUT2D eigenvalue weighted by Gasteiger charge is 2.30. The molecule has 212 valence electrons. The van der Waals surface area contributed by atoms with Crippen molar-refractivity contribution in [3.63, 3.8) is 0 Å². The lowest BCUT2D eigenvalue weighted by molar-refractivity contribution is -0.157. The first-order valence-corrected chi connectivity index (χ1v) is 14.9. The van der Waals surface area contributed by atoms with Crippen LogP contribution in [0.2, 0.25) is 0 Å². The van der Waals surface area contributed by atoms with Crippen LogP contribution >= 0.6 is 11.3 Å². The van der Waals surface area contributed by atoms with Gasteiger partial charge in [0.2, 0.25) is 0 Å². The van der Waals surface area contributed by atoms with E-state index in [1.165, 1.54) is 11.3 Å². The fourth-order valence-corrected chi connectivity index (χ4v) is 5.15. The summed E-state index contributed by atoms with van der Waals surface area (Å²) in [7, 11) is -4.36. The molecular formula is C28H32N4O6S2. The maximum Gasteiger partial charge on any atom is 0.357 e. The molecule has 0 amide bonds. The van der Waals surface area contributed by atoms with E-state index in [0.29, 0.717) is 18.6 Å². The van der Waals surface area contributed by atoms with Gasteiger partial charge in [0.15, 0.2) is 0 Å². The number of aromatic nitrogens is 2. The fourth-order valence-electron chi connectivity index (χ4n) is 4.05. The van der Waals surface area contributed by atoms with Gasteiger partial charge in [-0.15, -0.1) is 11.3 Å². The van der Waals surface area contributed by atoms with Crippen LogP contribution in [0, 0.1) is 6.92 Å². The molecule has 0 aliphatic carbocycles. The third kappa shape index (κ3) is 8.63. The third-order valence-electron chi connectivity index (χ3n) is 5.77. The molecule has 10 nitrogen and oxygen atoms in total. The molecule has 4 rings (SSSR count). The minimum atomic E-state index is -4.36. The number of rotatable bonds is 11. The Morgan fingerprint density at radius 3 is 2.35 bits per heavy atom. The van der Waals surface area contributed by atoms with Crippen LogP contribution in [0.5, 0.6) is 0 Å². The molecule has 0 radical (unpaired) electrons. The molecule has 0 saturated heterocycles. The average Bonchev–Trinajstić information content (AvgIpc) is 3.51. The maximum atomic E-state index is 13.2. The van der Waals surface area contributed by atoms with Crippen molar-refractivity contribution in [3.8, 4) is 0 Å². The SMILES string of the molecule is Cc1nc([C@H](Cc2ccc(NS(=O)(=O)O)cc2)Nc2ncc(C(Cc3ccccc3)C(=O)OC(C)(C)C)o2)cs1. The van der Waals surface area contributed by atoms with Crippen molar-refractivity contribution in [2.75, 3.05) is 10.0 Å². The summed E-state index contributed by atoms with van der Waals surface area (Å²) < 4.78 is 45.0. The molecule has 40 heavy (non-hydrogen) atoms. The Morgan fingerprint density at radius 1 is 1.07 bits per heavy atom. The summed E-state index contributed by atoms with van der Waals surface area (Å²) in [4.78, 5) is 22.2. The lowest BCUT2D eigenvalue weighted by atomic mass is 9.97. The molecule has 1 unspecified atom stereocenters. The fraction of sp³-hybridized carbons (Fsp3) is 0.321. The summed E-state index contributed by atoms with van der Waals surface area (Å²) in [6.45, 7) is 7.39. The molecule has 0 saturated carbocycles. The number of oxazole rings is 1. The number of benzene rings is 2. The highest BCUT2D eigenvalue weighted by molar-refractivity contribution is 7.87. The van der Waals surface area contributed by atoms with Crippen molar-refractivity contribution in [1.29, 1.82) is 0 Å². The van der Waals surface area contributed by atoms with Gasteiger partial charge < -0.3 is 14.5 Å². The lowest BCUT2D eigenvalue weighted by Gasteiger charge is -2.23. The van der Waals surface area contributed by atoms with Gasteiger partial charge in [0.05, 0.1) is 28.6 Å². The summed E-state index contributed by atoms with van der Waals surface area (Å²) in [5.74, 6) is -0.703. The number of aryl methyl sites for hydroxylation is 1. The number of ether oxygens (including phenoxy) is 1. The Hall–Kier alpha value is -3.74. The zero-order valence-electron chi connectivity index (χ0n) is 22.6. The number of esters is 1. The lowest BCUT2D eigenvalue weighted by Crippen LogP contribution is -2.28. The number of hydrogen-bond donors (Lipinski definition) is 3. The van der Waals surface area contributed by atoms with E-state index in [1.54, 1.807) is 30.5 Å². The predicted octanol–water partition coefficient (Wildman–Crippen LogP) is 5.72. The van der Waals surface area contributed by atoms with Gasteiger partial charge in [-0.3, -0.25) is 14.1 Å². The normalized spacial score (nSPS) is 13.4. The Morgan fingerprint density at radius 2 is 1.75 bits per heavy atom. The molecular weight excluding hydrogens is 552 g/mol.